The van der Waals surface area contributed by atoms with Crippen molar-refractivity contribution in [3.8, 4) is 5.75 Å². The van der Waals surface area contributed by atoms with Crippen molar-refractivity contribution in [2.75, 3.05) is 23.5 Å². The summed E-state index contributed by atoms with van der Waals surface area (Å²) < 4.78 is 5.25. The predicted octanol–water partition coefficient (Wildman–Crippen LogP) is 3.78. The van der Waals surface area contributed by atoms with Crippen LogP contribution in [-0.4, -0.2) is 18.9 Å². The largest absolute Gasteiger partial charge is 0.495 e. The molecule has 0 radical (unpaired) electrons. The molecule has 6 nitrogen and oxygen atoms in total. The van der Waals surface area contributed by atoms with Crippen molar-refractivity contribution in [1.82, 2.24) is 0 Å². The Kier molecular flexibility index (Phi) is 5.37. The summed E-state index contributed by atoms with van der Waals surface area (Å²) in [6, 6.07) is 20.5. The number of para-hydroxylation sites is 3. The van der Waals surface area contributed by atoms with Gasteiger partial charge >= 0.3 is 0 Å². The molecule has 3 rings (SSSR count). The van der Waals surface area contributed by atoms with Gasteiger partial charge in [0.1, 0.15) is 5.75 Å². The highest BCUT2D eigenvalue weighted by atomic mass is 16.5. The van der Waals surface area contributed by atoms with Gasteiger partial charge in [-0.1, -0.05) is 30.3 Å². The van der Waals surface area contributed by atoms with Crippen molar-refractivity contribution < 1.29 is 14.3 Å². The van der Waals surface area contributed by atoms with E-state index in [2.05, 4.69) is 10.6 Å². The van der Waals surface area contributed by atoms with Crippen molar-refractivity contribution in [3.05, 3.63) is 83.9 Å². The third-order valence-corrected chi connectivity index (χ3v) is 3.92. The molecular formula is C21H19N3O3. The molecule has 0 bridgehead atoms. The second kappa shape index (κ2) is 8.05. The molecule has 0 aliphatic carbocycles. The van der Waals surface area contributed by atoms with Gasteiger partial charge in [0.15, 0.2) is 0 Å². The maximum Gasteiger partial charge on any atom is 0.257 e. The minimum atomic E-state index is -0.358. The number of methoxy groups -OCH3 is 1. The van der Waals surface area contributed by atoms with Crippen LogP contribution >= 0.6 is 0 Å². The van der Waals surface area contributed by atoms with Crippen molar-refractivity contribution in [2.24, 2.45) is 0 Å². The Labute approximate surface area is 157 Å². The van der Waals surface area contributed by atoms with E-state index >= 15 is 0 Å². The van der Waals surface area contributed by atoms with Gasteiger partial charge in [-0.3, -0.25) is 9.59 Å². The molecular weight excluding hydrogens is 342 g/mol. The highest BCUT2D eigenvalue weighted by Gasteiger charge is 2.15. The number of rotatable bonds is 5. The van der Waals surface area contributed by atoms with Crippen LogP contribution in [0.2, 0.25) is 0 Å². The third kappa shape index (κ3) is 4.24. The smallest absolute Gasteiger partial charge is 0.257 e. The fraction of sp³-hybridized carbons (Fsp3) is 0.0476. The second-order valence-corrected chi connectivity index (χ2v) is 5.78. The molecule has 0 fully saturated rings. The number of hydrogen-bond donors (Lipinski definition) is 3. The highest BCUT2D eigenvalue weighted by Crippen LogP contribution is 2.25. The quantitative estimate of drug-likeness (QED) is 0.603. The van der Waals surface area contributed by atoms with Crippen molar-refractivity contribution in [1.29, 1.82) is 0 Å². The average Bonchev–Trinajstić information content (AvgIpc) is 2.68. The zero-order valence-corrected chi connectivity index (χ0v) is 14.7. The summed E-state index contributed by atoms with van der Waals surface area (Å²) in [6.45, 7) is 0. The SMILES string of the molecule is COc1ccccc1NC(=O)c1ccccc1NC(=O)c1cccc(N)c1. The Bertz CT molecular complexity index is 986. The molecule has 0 saturated carbocycles. The zero-order valence-electron chi connectivity index (χ0n) is 14.7. The fourth-order valence-electron chi connectivity index (χ4n) is 2.60. The summed E-state index contributed by atoms with van der Waals surface area (Å²) >= 11 is 0. The Morgan fingerprint density at radius 3 is 2.22 bits per heavy atom. The number of nitrogens with one attached hydrogen (secondary N) is 2. The number of carbonyl (C=O) groups excluding carboxylic acids is 2. The number of amides is 2. The van der Waals surface area contributed by atoms with Gasteiger partial charge in [-0.05, 0) is 42.5 Å². The fourth-order valence-corrected chi connectivity index (χ4v) is 2.60. The number of nitrogens with two attached hydrogens (primary N) is 1. The molecule has 3 aromatic carbocycles. The van der Waals surface area contributed by atoms with Crippen molar-refractivity contribution in [2.45, 2.75) is 0 Å². The minimum absolute atomic E-state index is 0.334. The topological polar surface area (TPSA) is 93.5 Å². The molecule has 0 saturated heterocycles. The number of carbonyl (C=O) groups is 2. The molecule has 2 amide bonds. The summed E-state index contributed by atoms with van der Waals surface area (Å²) in [7, 11) is 1.53. The molecule has 0 aliphatic heterocycles. The van der Waals surface area contributed by atoms with E-state index in [4.69, 9.17) is 10.5 Å². The third-order valence-electron chi connectivity index (χ3n) is 3.92. The van der Waals surface area contributed by atoms with Gasteiger partial charge in [0.05, 0.1) is 24.0 Å². The van der Waals surface area contributed by atoms with E-state index < -0.39 is 0 Å². The van der Waals surface area contributed by atoms with Gasteiger partial charge in [-0.15, -0.1) is 0 Å². The summed E-state index contributed by atoms with van der Waals surface area (Å²) in [5.74, 6) is -0.157. The molecule has 0 unspecified atom stereocenters. The Hall–Kier alpha value is -3.80. The molecule has 27 heavy (non-hydrogen) atoms. The van der Waals surface area contributed by atoms with E-state index in [1.807, 2.05) is 6.07 Å². The summed E-state index contributed by atoms with van der Waals surface area (Å²) in [6.07, 6.45) is 0. The first-order valence-electron chi connectivity index (χ1n) is 8.29. The van der Waals surface area contributed by atoms with Crippen LogP contribution in [-0.2, 0) is 0 Å². The normalized spacial score (nSPS) is 10.1. The first kappa shape index (κ1) is 18.0. The molecule has 6 heteroatoms. The van der Waals surface area contributed by atoms with E-state index in [9.17, 15) is 9.59 Å². The lowest BCUT2D eigenvalue weighted by Gasteiger charge is -2.13. The van der Waals surface area contributed by atoms with Gasteiger partial charge in [-0.2, -0.15) is 0 Å². The van der Waals surface area contributed by atoms with Gasteiger partial charge in [0, 0.05) is 11.3 Å². The monoisotopic (exact) mass is 361 g/mol. The molecule has 0 atom stereocenters. The van der Waals surface area contributed by atoms with Crippen LogP contribution in [0.5, 0.6) is 5.75 Å². The minimum Gasteiger partial charge on any atom is -0.495 e. The molecule has 0 aromatic heterocycles. The van der Waals surface area contributed by atoms with E-state index in [1.165, 1.54) is 7.11 Å². The maximum atomic E-state index is 12.7. The van der Waals surface area contributed by atoms with Crippen LogP contribution in [0.3, 0.4) is 0 Å². The Balaban J connectivity index is 1.83. The van der Waals surface area contributed by atoms with E-state index in [1.54, 1.807) is 66.7 Å². The molecule has 4 N–H and O–H groups in total. The summed E-state index contributed by atoms with van der Waals surface area (Å²) in [5, 5.41) is 5.57. The number of anilines is 3. The van der Waals surface area contributed by atoms with Gasteiger partial charge in [0.2, 0.25) is 0 Å². The van der Waals surface area contributed by atoms with Crippen molar-refractivity contribution in [3.63, 3.8) is 0 Å². The standard InChI is InChI=1S/C21H19N3O3/c1-27-19-12-5-4-11-18(19)24-21(26)16-9-2-3-10-17(16)23-20(25)14-7-6-8-15(22)13-14/h2-13H,22H2,1H3,(H,23,25)(H,24,26). The molecule has 0 spiro atoms. The van der Waals surface area contributed by atoms with Crippen LogP contribution < -0.4 is 21.1 Å². The van der Waals surface area contributed by atoms with E-state index in [-0.39, 0.29) is 11.8 Å². The van der Waals surface area contributed by atoms with Crippen LogP contribution in [0.15, 0.2) is 72.8 Å². The van der Waals surface area contributed by atoms with Gasteiger partial charge < -0.3 is 21.1 Å². The number of ether oxygens (including phenoxy) is 1. The second-order valence-electron chi connectivity index (χ2n) is 5.78. The average molecular weight is 361 g/mol. The highest BCUT2D eigenvalue weighted by molar-refractivity contribution is 6.13. The van der Waals surface area contributed by atoms with Crippen molar-refractivity contribution >= 4 is 28.9 Å². The van der Waals surface area contributed by atoms with Gasteiger partial charge in [0.25, 0.3) is 11.8 Å². The molecule has 0 aliphatic rings. The lowest BCUT2D eigenvalue weighted by Crippen LogP contribution is -2.18. The lowest BCUT2D eigenvalue weighted by atomic mass is 10.1. The first-order valence-corrected chi connectivity index (χ1v) is 8.29. The number of nitrogen functional groups attached to an aromatic ring is 1. The lowest BCUT2D eigenvalue weighted by molar-refractivity contribution is 0.102. The van der Waals surface area contributed by atoms with Crippen LogP contribution in [0.25, 0.3) is 0 Å². The summed E-state index contributed by atoms with van der Waals surface area (Å²) in [5.41, 5.74) is 7.91. The first-order chi connectivity index (χ1) is 13.1. The molecule has 136 valence electrons. The maximum absolute atomic E-state index is 12.7. The van der Waals surface area contributed by atoms with Crippen LogP contribution in [0.4, 0.5) is 17.1 Å². The van der Waals surface area contributed by atoms with Crippen LogP contribution in [0.1, 0.15) is 20.7 Å². The summed E-state index contributed by atoms with van der Waals surface area (Å²) in [4.78, 5) is 25.2. The van der Waals surface area contributed by atoms with Crippen LogP contribution in [0, 0.1) is 0 Å². The molecule has 0 heterocycles. The zero-order chi connectivity index (χ0) is 19.2. The molecule has 3 aromatic rings. The van der Waals surface area contributed by atoms with E-state index in [0.29, 0.717) is 33.9 Å². The van der Waals surface area contributed by atoms with Gasteiger partial charge in [-0.25, -0.2) is 0 Å². The Morgan fingerprint density at radius 1 is 0.815 bits per heavy atom. The Morgan fingerprint density at radius 2 is 1.48 bits per heavy atom. The predicted molar refractivity (Wildman–Crippen MR) is 106 cm³/mol. The number of benzene rings is 3. The number of hydrogen-bond acceptors (Lipinski definition) is 4. The van der Waals surface area contributed by atoms with E-state index in [0.717, 1.165) is 0 Å².